The van der Waals surface area contributed by atoms with E-state index >= 15 is 0 Å². The van der Waals surface area contributed by atoms with E-state index in [0.29, 0.717) is 39.6 Å². The van der Waals surface area contributed by atoms with Gasteiger partial charge in [-0.05, 0) is 61.6 Å². The molecule has 0 saturated heterocycles. The molecule has 0 aliphatic rings. The average molecular weight is 400 g/mol. The molecule has 0 fully saturated rings. The Morgan fingerprint density at radius 3 is 1.36 bits per heavy atom. The van der Waals surface area contributed by atoms with Crippen LogP contribution in [0.2, 0.25) is 6.04 Å². The van der Waals surface area contributed by atoms with E-state index in [2.05, 4.69) is 5.32 Å². The fourth-order valence-corrected chi connectivity index (χ4v) is 5.75. The van der Waals surface area contributed by atoms with E-state index in [9.17, 15) is 0 Å². The zero-order valence-corrected chi connectivity index (χ0v) is 19.5. The molecule has 0 aromatic carbocycles. The van der Waals surface area contributed by atoms with Gasteiger partial charge in [0.25, 0.3) is 0 Å². The van der Waals surface area contributed by atoms with Crippen LogP contribution in [0, 0.1) is 0 Å². The van der Waals surface area contributed by atoms with Gasteiger partial charge >= 0.3 is 18.3 Å². The van der Waals surface area contributed by atoms with E-state index in [4.69, 9.17) is 26.6 Å². The highest BCUT2D eigenvalue weighted by atomic mass is 28.4. The first-order chi connectivity index (χ1) is 12.1. The number of hydrogen-bond donors (Lipinski definition) is 1. The Kier molecular flexibility index (Phi) is 22.4. The molecular formula is C16H41NO6Si2. The zero-order valence-electron chi connectivity index (χ0n) is 17.4. The molecule has 0 rings (SSSR count). The topological polar surface area (TPSA) is 67.4 Å². The van der Waals surface area contributed by atoms with Crippen molar-refractivity contribution in [2.45, 2.75) is 54.0 Å². The number of nitrogens with one attached hydrogen (secondary N) is 1. The van der Waals surface area contributed by atoms with E-state index in [1.807, 2.05) is 48.6 Å². The molecule has 9 heteroatoms. The molecule has 0 aromatic rings. The van der Waals surface area contributed by atoms with Crippen molar-refractivity contribution >= 4 is 18.3 Å². The zero-order chi connectivity index (χ0) is 19.4. The molecule has 0 bridgehead atoms. The third-order valence-electron chi connectivity index (χ3n) is 2.91. The van der Waals surface area contributed by atoms with E-state index in [1.165, 1.54) is 0 Å². The Labute approximate surface area is 158 Å². The molecule has 0 aliphatic carbocycles. The number of rotatable bonds is 16. The normalized spacial score (nSPS) is 11.5. The fraction of sp³-hybridized carbons (Fsp3) is 1.00. The minimum absolute atomic E-state index is 0.659. The van der Waals surface area contributed by atoms with Gasteiger partial charge in [0.15, 0.2) is 0 Å². The van der Waals surface area contributed by atoms with E-state index < -0.39 is 18.3 Å². The lowest BCUT2D eigenvalue weighted by Gasteiger charge is -2.28. The van der Waals surface area contributed by atoms with Crippen LogP contribution >= 0.6 is 0 Å². The summed E-state index contributed by atoms with van der Waals surface area (Å²) in [7, 11) is -2.16. The van der Waals surface area contributed by atoms with E-state index in [-0.39, 0.29) is 0 Å². The SMILES string of the molecule is CCO[SiH](OCC)OCC.CCO[Si](CCCNC)(OCC)OCC. The second-order valence-electron chi connectivity index (χ2n) is 4.84. The summed E-state index contributed by atoms with van der Waals surface area (Å²) in [6.45, 7) is 16.8. The van der Waals surface area contributed by atoms with Crippen molar-refractivity contribution in [3.63, 3.8) is 0 Å². The van der Waals surface area contributed by atoms with Crippen LogP contribution < -0.4 is 5.32 Å². The van der Waals surface area contributed by atoms with Crippen molar-refractivity contribution in [1.82, 2.24) is 5.32 Å². The summed E-state index contributed by atoms with van der Waals surface area (Å²) in [5.41, 5.74) is 0. The molecule has 0 atom stereocenters. The van der Waals surface area contributed by atoms with Gasteiger partial charge in [0.1, 0.15) is 0 Å². The first-order valence-electron chi connectivity index (χ1n) is 9.50. The standard InChI is InChI=1S/C10H25NO3Si.C6H16O3Si/c1-5-12-15(13-6-2,14-7-3)10-8-9-11-4;1-4-7-10(8-5-2)9-6-3/h11H,5-10H2,1-4H3;10H,4-6H2,1-3H3. The second-order valence-corrected chi connectivity index (χ2v) is 9.15. The van der Waals surface area contributed by atoms with Gasteiger partial charge in [0.2, 0.25) is 0 Å². The summed E-state index contributed by atoms with van der Waals surface area (Å²) < 4.78 is 32.8. The van der Waals surface area contributed by atoms with Crippen molar-refractivity contribution in [3.05, 3.63) is 0 Å². The lowest BCUT2D eigenvalue weighted by atomic mass is 10.5. The highest BCUT2D eigenvalue weighted by Crippen LogP contribution is 2.17. The quantitative estimate of drug-likeness (QED) is 0.316. The van der Waals surface area contributed by atoms with Gasteiger partial charge in [-0.2, -0.15) is 0 Å². The van der Waals surface area contributed by atoms with Crippen molar-refractivity contribution in [3.8, 4) is 0 Å². The smallest absolute Gasteiger partial charge is 0.376 e. The molecule has 0 amide bonds. The van der Waals surface area contributed by atoms with Gasteiger partial charge in [-0.15, -0.1) is 0 Å². The third kappa shape index (κ3) is 16.1. The average Bonchev–Trinajstić information content (AvgIpc) is 2.57. The highest BCUT2D eigenvalue weighted by Gasteiger charge is 2.39. The molecule has 0 radical (unpaired) electrons. The summed E-state index contributed by atoms with van der Waals surface area (Å²) in [5.74, 6) is 0. The minimum Gasteiger partial charge on any atom is -0.376 e. The molecule has 0 spiro atoms. The maximum Gasteiger partial charge on any atom is 0.500 e. The van der Waals surface area contributed by atoms with Crippen molar-refractivity contribution < 1.29 is 26.6 Å². The molecule has 0 aromatic heterocycles. The molecule has 0 heterocycles. The maximum absolute atomic E-state index is 5.72. The summed E-state index contributed by atoms with van der Waals surface area (Å²) in [4.78, 5) is 0. The molecule has 0 saturated carbocycles. The molecule has 7 nitrogen and oxygen atoms in total. The first kappa shape index (κ1) is 27.4. The van der Waals surface area contributed by atoms with Crippen LogP contribution in [0.15, 0.2) is 0 Å². The highest BCUT2D eigenvalue weighted by molar-refractivity contribution is 6.60. The molecule has 1 N–H and O–H groups in total. The van der Waals surface area contributed by atoms with Gasteiger partial charge in [0.05, 0.1) is 0 Å². The molecule has 25 heavy (non-hydrogen) atoms. The van der Waals surface area contributed by atoms with Gasteiger partial charge < -0.3 is 31.9 Å². The van der Waals surface area contributed by atoms with Crippen LogP contribution in [0.3, 0.4) is 0 Å². The van der Waals surface area contributed by atoms with Crippen LogP contribution in [0.5, 0.6) is 0 Å². The molecular weight excluding hydrogens is 358 g/mol. The van der Waals surface area contributed by atoms with Crippen LogP contribution in [-0.2, 0) is 26.6 Å². The Bertz CT molecular complexity index is 233. The largest absolute Gasteiger partial charge is 0.500 e. The summed E-state index contributed by atoms with van der Waals surface area (Å²) in [6, 6.07) is 0.892. The van der Waals surface area contributed by atoms with Crippen molar-refractivity contribution in [2.75, 3.05) is 53.2 Å². The van der Waals surface area contributed by atoms with Crippen molar-refractivity contribution in [1.29, 1.82) is 0 Å². The third-order valence-corrected chi connectivity index (χ3v) is 7.88. The second kappa shape index (κ2) is 20.5. The van der Waals surface area contributed by atoms with E-state index in [0.717, 1.165) is 19.0 Å². The maximum atomic E-state index is 5.72. The summed E-state index contributed by atoms with van der Waals surface area (Å²) in [6.07, 6.45) is 1.03. The minimum atomic E-state index is -2.37. The van der Waals surface area contributed by atoms with E-state index in [1.54, 1.807) is 0 Å². The van der Waals surface area contributed by atoms with Crippen LogP contribution in [0.4, 0.5) is 0 Å². The van der Waals surface area contributed by atoms with Crippen LogP contribution in [0.25, 0.3) is 0 Å². The fourth-order valence-electron chi connectivity index (χ4n) is 2.04. The Morgan fingerprint density at radius 1 is 0.680 bits per heavy atom. The van der Waals surface area contributed by atoms with Crippen LogP contribution in [-0.4, -0.2) is 71.6 Å². The summed E-state index contributed by atoms with van der Waals surface area (Å²) in [5, 5.41) is 3.12. The molecule has 0 unspecified atom stereocenters. The van der Waals surface area contributed by atoms with Gasteiger partial charge in [-0.1, -0.05) is 0 Å². The first-order valence-corrected chi connectivity index (χ1v) is 12.8. The lowest BCUT2D eigenvalue weighted by molar-refractivity contribution is 0.0708. The van der Waals surface area contributed by atoms with Crippen LogP contribution in [0.1, 0.15) is 48.0 Å². The molecule has 0 aliphatic heterocycles. The van der Waals surface area contributed by atoms with Gasteiger partial charge in [-0.3, -0.25) is 0 Å². The predicted molar refractivity (Wildman–Crippen MR) is 106 cm³/mol. The summed E-state index contributed by atoms with van der Waals surface area (Å²) >= 11 is 0. The molecule has 154 valence electrons. The Morgan fingerprint density at radius 2 is 1.08 bits per heavy atom. The van der Waals surface area contributed by atoms with Gasteiger partial charge in [0, 0.05) is 45.7 Å². The number of hydrogen-bond acceptors (Lipinski definition) is 7. The Hall–Kier alpha value is 0.154. The van der Waals surface area contributed by atoms with Crippen molar-refractivity contribution in [2.24, 2.45) is 0 Å². The lowest BCUT2D eigenvalue weighted by Crippen LogP contribution is -2.46. The predicted octanol–water partition coefficient (Wildman–Crippen LogP) is 2.46. The monoisotopic (exact) mass is 399 g/mol. The van der Waals surface area contributed by atoms with Gasteiger partial charge in [-0.25, -0.2) is 0 Å². The Balaban J connectivity index is 0.